The Kier molecular flexibility index (Phi) is 4.06. The number of hydroxylamine groups is 1. The molecule has 1 fully saturated rings. The van der Waals surface area contributed by atoms with Crippen LogP contribution in [0.3, 0.4) is 0 Å². The Hall–Kier alpha value is -2.40. The summed E-state index contributed by atoms with van der Waals surface area (Å²) in [6, 6.07) is 11.3. The quantitative estimate of drug-likeness (QED) is 0.834. The number of fused-ring (bicyclic) bond motifs is 1. The molecule has 22 heavy (non-hydrogen) atoms. The predicted octanol–water partition coefficient (Wildman–Crippen LogP) is 2.87. The van der Waals surface area contributed by atoms with Crippen LogP contribution >= 0.6 is 0 Å². The van der Waals surface area contributed by atoms with Crippen LogP contribution in [0.15, 0.2) is 36.4 Å². The average molecular weight is 298 g/mol. The summed E-state index contributed by atoms with van der Waals surface area (Å²) >= 11 is 0. The number of carbonyl (C=O) groups is 2. The molecule has 5 heteroatoms. The summed E-state index contributed by atoms with van der Waals surface area (Å²) in [7, 11) is 0. The van der Waals surface area contributed by atoms with Gasteiger partial charge in [-0.3, -0.25) is 14.4 Å². The van der Waals surface area contributed by atoms with Crippen LogP contribution in [-0.2, 0) is 9.63 Å². The number of hydrogen-bond donors (Lipinski definition) is 2. The molecule has 0 heterocycles. The van der Waals surface area contributed by atoms with Crippen LogP contribution in [0.25, 0.3) is 10.8 Å². The van der Waals surface area contributed by atoms with E-state index in [0.29, 0.717) is 17.9 Å². The zero-order valence-electron chi connectivity index (χ0n) is 12.4. The second kappa shape index (κ2) is 6.15. The van der Waals surface area contributed by atoms with Crippen molar-refractivity contribution in [1.29, 1.82) is 0 Å². The molecule has 3 rings (SSSR count). The van der Waals surface area contributed by atoms with Crippen LogP contribution in [0.2, 0.25) is 0 Å². The highest BCUT2D eigenvalue weighted by Gasteiger charge is 2.30. The molecule has 0 unspecified atom stereocenters. The van der Waals surface area contributed by atoms with Gasteiger partial charge in [-0.2, -0.15) is 0 Å². The van der Waals surface area contributed by atoms with Gasteiger partial charge in [0.2, 0.25) is 5.91 Å². The van der Waals surface area contributed by atoms with E-state index in [-0.39, 0.29) is 17.7 Å². The monoisotopic (exact) mass is 298 g/mol. The van der Waals surface area contributed by atoms with Crippen molar-refractivity contribution in [2.45, 2.75) is 19.8 Å². The van der Waals surface area contributed by atoms with E-state index in [0.717, 1.165) is 23.6 Å². The minimum absolute atomic E-state index is 0.0271. The summed E-state index contributed by atoms with van der Waals surface area (Å²) in [6.07, 6.45) is 1.83. The second-order valence-corrected chi connectivity index (χ2v) is 5.37. The average Bonchev–Trinajstić information content (AvgIpc) is 3.36. The number of carbonyl (C=O) groups excluding carboxylic acids is 2. The lowest BCUT2D eigenvalue weighted by molar-refractivity contribution is -0.117. The van der Waals surface area contributed by atoms with Gasteiger partial charge in [0.15, 0.2) is 0 Å². The van der Waals surface area contributed by atoms with Crippen molar-refractivity contribution in [2.24, 2.45) is 5.92 Å². The largest absolute Gasteiger partial charge is 0.325 e. The van der Waals surface area contributed by atoms with Crippen LogP contribution in [0.4, 0.5) is 5.69 Å². The summed E-state index contributed by atoms with van der Waals surface area (Å²) in [5.74, 6) is -0.311. The van der Waals surface area contributed by atoms with Gasteiger partial charge in [0.05, 0.1) is 17.9 Å². The minimum Gasteiger partial charge on any atom is -0.325 e. The topological polar surface area (TPSA) is 67.4 Å². The molecule has 1 saturated carbocycles. The number of rotatable bonds is 5. The van der Waals surface area contributed by atoms with E-state index in [1.807, 2.05) is 30.3 Å². The number of amides is 2. The van der Waals surface area contributed by atoms with Crippen molar-refractivity contribution in [2.75, 3.05) is 11.9 Å². The molecule has 0 saturated heterocycles. The maximum atomic E-state index is 12.2. The fraction of sp³-hybridized carbons (Fsp3) is 0.294. The van der Waals surface area contributed by atoms with Gasteiger partial charge in [-0.25, -0.2) is 5.48 Å². The normalized spacial score (nSPS) is 13.9. The van der Waals surface area contributed by atoms with Gasteiger partial charge in [0, 0.05) is 5.92 Å². The first-order valence-electron chi connectivity index (χ1n) is 7.45. The first kappa shape index (κ1) is 14.5. The Balaban J connectivity index is 1.97. The van der Waals surface area contributed by atoms with Gasteiger partial charge in [0.25, 0.3) is 5.91 Å². The maximum absolute atomic E-state index is 12.2. The SMILES string of the molecule is CCONC(=O)c1cc2ccccc2cc1NC(=O)C1CC1. The number of hydrogen-bond acceptors (Lipinski definition) is 3. The van der Waals surface area contributed by atoms with E-state index < -0.39 is 0 Å². The van der Waals surface area contributed by atoms with Crippen molar-refractivity contribution in [3.63, 3.8) is 0 Å². The van der Waals surface area contributed by atoms with Crippen LogP contribution in [0.5, 0.6) is 0 Å². The van der Waals surface area contributed by atoms with Crippen molar-refractivity contribution < 1.29 is 14.4 Å². The molecule has 2 aromatic rings. The molecule has 0 spiro atoms. The van der Waals surface area contributed by atoms with Gasteiger partial charge in [-0.05, 0) is 42.7 Å². The van der Waals surface area contributed by atoms with Crippen molar-refractivity contribution >= 4 is 28.3 Å². The minimum atomic E-state index is -0.362. The molecule has 1 aliphatic carbocycles. The Labute approximate surface area is 128 Å². The summed E-state index contributed by atoms with van der Waals surface area (Å²) in [4.78, 5) is 29.2. The predicted molar refractivity (Wildman–Crippen MR) is 84.4 cm³/mol. The molecule has 0 aromatic heterocycles. The second-order valence-electron chi connectivity index (χ2n) is 5.37. The highest BCUT2D eigenvalue weighted by Crippen LogP contribution is 2.31. The Morgan fingerprint density at radius 3 is 2.50 bits per heavy atom. The van der Waals surface area contributed by atoms with Crippen LogP contribution < -0.4 is 10.8 Å². The molecule has 0 aliphatic heterocycles. The molecular formula is C17H18N2O3. The molecule has 5 nitrogen and oxygen atoms in total. The van der Waals surface area contributed by atoms with E-state index >= 15 is 0 Å². The molecule has 0 bridgehead atoms. The molecule has 1 aliphatic rings. The van der Waals surface area contributed by atoms with Gasteiger partial charge >= 0.3 is 0 Å². The van der Waals surface area contributed by atoms with E-state index in [4.69, 9.17) is 4.84 Å². The van der Waals surface area contributed by atoms with Crippen LogP contribution in [0.1, 0.15) is 30.1 Å². The molecule has 0 radical (unpaired) electrons. The van der Waals surface area contributed by atoms with Crippen molar-refractivity contribution in [1.82, 2.24) is 5.48 Å². The van der Waals surface area contributed by atoms with E-state index in [1.54, 1.807) is 13.0 Å². The molecule has 2 N–H and O–H groups in total. The third-order valence-electron chi connectivity index (χ3n) is 3.65. The lowest BCUT2D eigenvalue weighted by Gasteiger charge is -2.12. The molecule has 114 valence electrons. The molecule has 2 aromatic carbocycles. The highest BCUT2D eigenvalue weighted by atomic mass is 16.6. The smallest absolute Gasteiger partial charge is 0.276 e. The number of nitrogens with one attached hydrogen (secondary N) is 2. The summed E-state index contributed by atoms with van der Waals surface area (Å²) in [5.41, 5.74) is 3.31. The highest BCUT2D eigenvalue weighted by molar-refractivity contribution is 6.08. The summed E-state index contributed by atoms with van der Waals surface area (Å²) < 4.78 is 0. The van der Waals surface area contributed by atoms with Crippen LogP contribution in [-0.4, -0.2) is 18.4 Å². The lowest BCUT2D eigenvalue weighted by Crippen LogP contribution is -2.25. The van der Waals surface area contributed by atoms with Crippen LogP contribution in [0, 0.1) is 5.92 Å². The fourth-order valence-electron chi connectivity index (χ4n) is 2.30. The molecule has 2 amide bonds. The number of anilines is 1. The van der Waals surface area contributed by atoms with Gasteiger partial charge in [-0.15, -0.1) is 0 Å². The van der Waals surface area contributed by atoms with Gasteiger partial charge in [0.1, 0.15) is 0 Å². The molecule has 0 atom stereocenters. The Bertz CT molecular complexity index is 723. The first-order valence-corrected chi connectivity index (χ1v) is 7.45. The standard InChI is InChI=1S/C17H18N2O3/c1-2-22-19-17(21)14-9-12-5-3-4-6-13(12)10-15(14)18-16(20)11-7-8-11/h3-6,9-11H,2,7-8H2,1H3,(H,18,20)(H,19,21). The fourth-order valence-corrected chi connectivity index (χ4v) is 2.30. The number of benzene rings is 2. The van der Waals surface area contributed by atoms with Gasteiger partial charge in [-0.1, -0.05) is 24.3 Å². The third kappa shape index (κ3) is 3.09. The third-order valence-corrected chi connectivity index (χ3v) is 3.65. The van der Waals surface area contributed by atoms with Gasteiger partial charge < -0.3 is 5.32 Å². The summed E-state index contributed by atoms with van der Waals surface area (Å²) in [6.45, 7) is 2.17. The maximum Gasteiger partial charge on any atom is 0.276 e. The zero-order valence-corrected chi connectivity index (χ0v) is 12.4. The Morgan fingerprint density at radius 1 is 1.18 bits per heavy atom. The van der Waals surface area contributed by atoms with E-state index in [1.165, 1.54) is 0 Å². The van der Waals surface area contributed by atoms with Crippen molar-refractivity contribution in [3.05, 3.63) is 42.0 Å². The summed E-state index contributed by atoms with van der Waals surface area (Å²) in [5, 5.41) is 4.78. The van der Waals surface area contributed by atoms with Crippen molar-refractivity contribution in [3.8, 4) is 0 Å². The van der Waals surface area contributed by atoms with E-state index in [2.05, 4.69) is 10.8 Å². The zero-order chi connectivity index (χ0) is 15.5. The first-order chi connectivity index (χ1) is 10.7. The lowest BCUT2D eigenvalue weighted by atomic mass is 10.0. The molecular weight excluding hydrogens is 280 g/mol. The Morgan fingerprint density at radius 2 is 1.86 bits per heavy atom. The van der Waals surface area contributed by atoms with E-state index in [9.17, 15) is 9.59 Å².